The monoisotopic (exact) mass is 261 g/mol. The van der Waals surface area contributed by atoms with Gasteiger partial charge in [0.2, 0.25) is 0 Å². The molecule has 0 heterocycles. The number of carbonyl (C=O) groups is 1. The highest BCUT2D eigenvalue weighted by molar-refractivity contribution is 5.93. The van der Waals surface area contributed by atoms with Crippen LogP contribution in [0.25, 0.3) is 0 Å². The minimum Gasteiger partial charge on any atom is -0.290 e. The number of nitrogens with one attached hydrogen (secondary N) is 1. The molecular weight excluding hydrogens is 249 g/mol. The Morgan fingerprint density at radius 1 is 1.37 bits per heavy atom. The zero-order valence-electron chi connectivity index (χ0n) is 10.1. The summed E-state index contributed by atoms with van der Waals surface area (Å²) in [6, 6.07) is 7.59. The van der Waals surface area contributed by atoms with Gasteiger partial charge in [-0.1, -0.05) is 0 Å². The predicted molar refractivity (Wildman–Crippen MR) is 64.6 cm³/mol. The molecule has 19 heavy (non-hydrogen) atoms. The molecule has 0 aliphatic rings. The Kier molecular flexibility index (Phi) is 5.42. The average molecular weight is 261 g/mol. The van der Waals surface area contributed by atoms with Crippen molar-refractivity contribution in [2.24, 2.45) is 5.84 Å². The molecule has 0 saturated carbocycles. The van der Waals surface area contributed by atoms with Crippen molar-refractivity contribution in [1.82, 2.24) is 10.3 Å². The van der Waals surface area contributed by atoms with Crippen molar-refractivity contribution in [3.63, 3.8) is 0 Å². The van der Waals surface area contributed by atoms with Crippen molar-refractivity contribution < 1.29 is 9.18 Å². The summed E-state index contributed by atoms with van der Waals surface area (Å²) in [6.45, 7) is 0.0687. The number of hydrogen-bond donors (Lipinski definition) is 2. The van der Waals surface area contributed by atoms with Crippen molar-refractivity contribution in [2.75, 3.05) is 13.1 Å². The largest absolute Gasteiger partial charge is 0.290 e. The molecule has 0 aromatic heterocycles. The van der Waals surface area contributed by atoms with E-state index in [0.717, 1.165) is 6.07 Å². The molecule has 0 aliphatic carbocycles. The summed E-state index contributed by atoms with van der Waals surface area (Å²) < 4.78 is 13.6. The first kappa shape index (κ1) is 14.6. The van der Waals surface area contributed by atoms with Gasteiger partial charge >= 0.3 is 0 Å². The third-order valence-electron chi connectivity index (χ3n) is 2.42. The smallest absolute Gasteiger partial charge is 0.265 e. The summed E-state index contributed by atoms with van der Waals surface area (Å²) in [5.74, 6) is 3.96. The van der Waals surface area contributed by atoms with E-state index in [0.29, 0.717) is 0 Å². The fourth-order valence-corrected chi connectivity index (χ4v) is 1.53. The number of benzene rings is 1. The van der Waals surface area contributed by atoms with E-state index in [-0.39, 0.29) is 30.8 Å². The number of halogens is 1. The molecule has 7 heteroatoms. The van der Waals surface area contributed by atoms with Gasteiger partial charge in [0.25, 0.3) is 5.91 Å². The molecule has 0 bridgehead atoms. The molecule has 1 aromatic carbocycles. The molecule has 1 amide bonds. The molecule has 0 radical (unpaired) electrons. The molecule has 6 nitrogen and oxygen atoms in total. The molecule has 0 unspecified atom stereocenters. The van der Waals surface area contributed by atoms with Crippen LogP contribution in [0.3, 0.4) is 0 Å². The SMILES string of the molecule is N#CCN(CC#N)Cc1cc(C(=O)NN)ccc1F. The summed E-state index contributed by atoms with van der Waals surface area (Å²) in [4.78, 5) is 12.8. The molecule has 1 aromatic rings. The maximum Gasteiger partial charge on any atom is 0.265 e. The molecule has 3 N–H and O–H groups in total. The zero-order valence-corrected chi connectivity index (χ0v) is 10.1. The Morgan fingerprint density at radius 2 is 2.00 bits per heavy atom. The van der Waals surface area contributed by atoms with Crippen LogP contribution in [0, 0.1) is 28.5 Å². The molecule has 0 aliphatic heterocycles. The topological polar surface area (TPSA) is 106 Å². The van der Waals surface area contributed by atoms with Crippen molar-refractivity contribution in [1.29, 1.82) is 10.5 Å². The maximum absolute atomic E-state index is 13.6. The molecule has 1 rings (SSSR count). The predicted octanol–water partition coefficient (Wildman–Crippen LogP) is 0.278. The van der Waals surface area contributed by atoms with Gasteiger partial charge in [0.15, 0.2) is 0 Å². The van der Waals surface area contributed by atoms with Crippen LogP contribution < -0.4 is 11.3 Å². The van der Waals surface area contributed by atoms with Crippen LogP contribution in [-0.2, 0) is 6.54 Å². The maximum atomic E-state index is 13.6. The van der Waals surface area contributed by atoms with E-state index in [1.54, 1.807) is 0 Å². The molecule has 0 spiro atoms. The molecule has 98 valence electrons. The number of nitrogen functional groups attached to an aromatic ring is 1. The second-order valence-electron chi connectivity index (χ2n) is 3.74. The minimum absolute atomic E-state index is 0.000310. The summed E-state index contributed by atoms with van der Waals surface area (Å²) in [7, 11) is 0. The highest BCUT2D eigenvalue weighted by Gasteiger charge is 2.12. The Morgan fingerprint density at radius 3 is 2.53 bits per heavy atom. The van der Waals surface area contributed by atoms with Crippen molar-refractivity contribution >= 4 is 5.91 Å². The van der Waals surface area contributed by atoms with Gasteiger partial charge in [0.1, 0.15) is 5.82 Å². The second-order valence-corrected chi connectivity index (χ2v) is 3.74. The number of hydrazine groups is 1. The first-order chi connectivity index (χ1) is 9.12. The van der Waals surface area contributed by atoms with E-state index in [2.05, 4.69) is 0 Å². The molecule has 0 fully saturated rings. The summed E-state index contributed by atoms with van der Waals surface area (Å²) >= 11 is 0. The first-order valence-corrected chi connectivity index (χ1v) is 5.38. The van der Waals surface area contributed by atoms with Crippen LogP contribution in [-0.4, -0.2) is 23.9 Å². The van der Waals surface area contributed by atoms with E-state index in [9.17, 15) is 9.18 Å². The van der Waals surface area contributed by atoms with Crippen LogP contribution in [0.5, 0.6) is 0 Å². The van der Waals surface area contributed by atoms with Crippen LogP contribution in [0.15, 0.2) is 18.2 Å². The summed E-state index contributed by atoms with van der Waals surface area (Å²) in [5, 5.41) is 17.2. The van der Waals surface area contributed by atoms with E-state index < -0.39 is 11.7 Å². The lowest BCUT2D eigenvalue weighted by atomic mass is 10.1. The van der Waals surface area contributed by atoms with Crippen LogP contribution >= 0.6 is 0 Å². The van der Waals surface area contributed by atoms with Crippen LogP contribution in [0.1, 0.15) is 15.9 Å². The van der Waals surface area contributed by atoms with Gasteiger partial charge in [-0.05, 0) is 18.2 Å². The van der Waals surface area contributed by atoms with Crippen LogP contribution in [0.4, 0.5) is 4.39 Å². The Balaban J connectivity index is 2.96. The summed E-state index contributed by atoms with van der Waals surface area (Å²) in [5.41, 5.74) is 2.40. The number of hydrogen-bond acceptors (Lipinski definition) is 5. The minimum atomic E-state index is -0.534. The van der Waals surface area contributed by atoms with Gasteiger partial charge in [-0.2, -0.15) is 10.5 Å². The first-order valence-electron chi connectivity index (χ1n) is 5.38. The molecule has 0 atom stereocenters. The zero-order chi connectivity index (χ0) is 14.3. The van der Waals surface area contributed by atoms with Crippen molar-refractivity contribution in [3.8, 4) is 12.1 Å². The van der Waals surface area contributed by atoms with Gasteiger partial charge < -0.3 is 0 Å². The second kappa shape index (κ2) is 7.07. The van der Waals surface area contributed by atoms with E-state index in [1.807, 2.05) is 17.6 Å². The Hall–Kier alpha value is -2.48. The number of carbonyl (C=O) groups excluding carboxylic acids is 1. The highest BCUT2D eigenvalue weighted by atomic mass is 19.1. The van der Waals surface area contributed by atoms with Crippen molar-refractivity contribution in [3.05, 3.63) is 35.1 Å². The lowest BCUT2D eigenvalue weighted by molar-refractivity contribution is 0.0953. The quantitative estimate of drug-likeness (QED) is 0.342. The van der Waals surface area contributed by atoms with Gasteiger partial charge in [-0.15, -0.1) is 0 Å². The number of rotatable bonds is 5. The third-order valence-corrected chi connectivity index (χ3v) is 2.42. The fraction of sp³-hybridized carbons (Fsp3) is 0.250. The number of nitrogens with zero attached hydrogens (tertiary/aromatic N) is 3. The lowest BCUT2D eigenvalue weighted by Gasteiger charge is -2.16. The van der Waals surface area contributed by atoms with Gasteiger partial charge in [0, 0.05) is 17.7 Å². The van der Waals surface area contributed by atoms with Gasteiger partial charge in [-0.25, -0.2) is 10.2 Å². The normalized spacial score (nSPS) is 9.74. The van der Waals surface area contributed by atoms with Gasteiger partial charge in [0.05, 0.1) is 25.2 Å². The lowest BCUT2D eigenvalue weighted by Crippen LogP contribution is -2.30. The number of amides is 1. The standard InChI is InChI=1S/C12H12FN5O/c13-11-2-1-9(12(19)17-16)7-10(11)8-18(5-3-14)6-4-15/h1-2,7H,5-6,8,16H2,(H,17,19). The molecular formula is C12H12FN5O. The average Bonchev–Trinajstić information content (AvgIpc) is 2.41. The van der Waals surface area contributed by atoms with Crippen LogP contribution in [0.2, 0.25) is 0 Å². The van der Waals surface area contributed by atoms with Gasteiger partial charge in [-0.3, -0.25) is 15.1 Å². The Labute approximate surface area is 109 Å². The summed E-state index contributed by atoms with van der Waals surface area (Å²) in [6.07, 6.45) is 0. The van der Waals surface area contributed by atoms with E-state index in [1.165, 1.54) is 17.0 Å². The number of nitrogens with two attached hydrogens (primary N) is 1. The highest BCUT2D eigenvalue weighted by Crippen LogP contribution is 2.13. The van der Waals surface area contributed by atoms with E-state index >= 15 is 0 Å². The fourth-order valence-electron chi connectivity index (χ4n) is 1.53. The van der Waals surface area contributed by atoms with E-state index in [4.69, 9.17) is 16.4 Å². The van der Waals surface area contributed by atoms with Crippen molar-refractivity contribution in [2.45, 2.75) is 6.54 Å². The number of nitriles is 2. The third kappa shape index (κ3) is 4.03. The Bertz CT molecular complexity index is 530. The molecule has 0 saturated heterocycles.